The molecule has 5 unspecified atom stereocenters. The van der Waals surface area contributed by atoms with E-state index in [1.54, 1.807) is 7.11 Å². The third-order valence-corrected chi connectivity index (χ3v) is 6.49. The summed E-state index contributed by atoms with van der Waals surface area (Å²) < 4.78 is 10.6. The summed E-state index contributed by atoms with van der Waals surface area (Å²) in [6, 6.07) is 0. The molecule has 6 atom stereocenters. The van der Waals surface area contributed by atoms with Crippen LogP contribution in [0.4, 0.5) is 0 Å². The summed E-state index contributed by atoms with van der Waals surface area (Å²) >= 11 is -0.207. The second-order valence-corrected chi connectivity index (χ2v) is 6.64. The van der Waals surface area contributed by atoms with Crippen LogP contribution in [0.5, 0.6) is 0 Å². The van der Waals surface area contributed by atoms with E-state index in [0.717, 1.165) is 0 Å². The van der Waals surface area contributed by atoms with Crippen LogP contribution in [-0.2, 0) is 9.47 Å². The van der Waals surface area contributed by atoms with Crippen molar-refractivity contribution in [3.8, 4) is 0 Å². The van der Waals surface area contributed by atoms with Crippen molar-refractivity contribution < 1.29 is 40.9 Å². The molecule has 0 aromatic carbocycles. The number of aliphatic hydroxyl groups excluding tert-OH is 2. The Morgan fingerprint density at radius 2 is 2.07 bits per heavy atom. The standard InChI is InChI=1S/C9H16IO4/c1-4-6(11)7(13-3)5-8(12)9(5,10-2)14-4/h4-8,11-12H,1-3H3/q-1/t4?,5?,6-,7?,8?,9?/m0/s1. The average Bonchev–Trinajstić information content (AvgIpc) is 2.75. The summed E-state index contributed by atoms with van der Waals surface area (Å²) in [6.45, 7) is 1.83. The molecule has 2 rings (SSSR count). The molecule has 2 aliphatic rings. The first-order chi connectivity index (χ1) is 6.58. The number of fused-ring (bicyclic) bond motifs is 1. The van der Waals surface area contributed by atoms with Crippen molar-refractivity contribution in [3.63, 3.8) is 0 Å². The monoisotopic (exact) mass is 315 g/mol. The van der Waals surface area contributed by atoms with E-state index < -0.39 is 12.2 Å². The summed E-state index contributed by atoms with van der Waals surface area (Å²) in [5.74, 6) is -0.0171. The first kappa shape index (κ1) is 11.1. The van der Waals surface area contributed by atoms with Gasteiger partial charge in [0.15, 0.2) is 0 Å². The molecule has 1 heterocycles. The zero-order valence-electron chi connectivity index (χ0n) is 8.48. The van der Waals surface area contributed by atoms with Gasteiger partial charge < -0.3 is 0 Å². The van der Waals surface area contributed by atoms with Crippen LogP contribution in [0.1, 0.15) is 6.92 Å². The van der Waals surface area contributed by atoms with Crippen molar-refractivity contribution >= 4 is 0 Å². The van der Waals surface area contributed by atoms with Crippen LogP contribution >= 0.6 is 0 Å². The van der Waals surface area contributed by atoms with Gasteiger partial charge in [-0.15, -0.1) is 0 Å². The Labute approximate surface area is 93.8 Å². The Morgan fingerprint density at radius 1 is 1.43 bits per heavy atom. The van der Waals surface area contributed by atoms with Crippen LogP contribution in [0.15, 0.2) is 0 Å². The number of aliphatic hydroxyl groups is 2. The van der Waals surface area contributed by atoms with Crippen molar-refractivity contribution in [2.75, 3.05) is 12.0 Å². The minimum absolute atomic E-state index is 0.0171. The van der Waals surface area contributed by atoms with Gasteiger partial charge in [0, 0.05) is 0 Å². The normalized spacial score (nSPS) is 57.1. The minimum atomic E-state index is -0.620. The van der Waals surface area contributed by atoms with E-state index in [0.29, 0.717) is 0 Å². The molecule has 0 aromatic rings. The predicted octanol–water partition coefficient (Wildman–Crippen LogP) is -3.81. The van der Waals surface area contributed by atoms with Gasteiger partial charge in [-0.05, 0) is 0 Å². The van der Waals surface area contributed by atoms with Gasteiger partial charge in [0.2, 0.25) is 0 Å². The molecule has 1 aliphatic carbocycles. The molecule has 1 saturated heterocycles. The van der Waals surface area contributed by atoms with Crippen molar-refractivity contribution in [2.45, 2.75) is 34.9 Å². The van der Waals surface area contributed by atoms with E-state index in [1.165, 1.54) is 0 Å². The van der Waals surface area contributed by atoms with Gasteiger partial charge in [-0.3, -0.25) is 0 Å². The van der Waals surface area contributed by atoms with Crippen molar-refractivity contribution in [2.24, 2.45) is 5.92 Å². The second-order valence-electron chi connectivity index (χ2n) is 3.87. The first-order valence-corrected chi connectivity index (χ1v) is 7.89. The molecule has 0 radical (unpaired) electrons. The molecule has 2 fully saturated rings. The van der Waals surface area contributed by atoms with E-state index in [1.807, 2.05) is 6.92 Å². The quantitative estimate of drug-likeness (QED) is 0.405. The zero-order valence-corrected chi connectivity index (χ0v) is 10.6. The molecule has 1 aliphatic heterocycles. The summed E-state index contributed by atoms with van der Waals surface area (Å²) in [4.78, 5) is 2.10. The van der Waals surface area contributed by atoms with E-state index in [-0.39, 0.29) is 42.9 Å². The molecular formula is C9H16IO4-. The number of rotatable bonds is 2. The summed E-state index contributed by atoms with van der Waals surface area (Å²) in [6.07, 6.45) is -1.57. The Kier molecular flexibility index (Phi) is 2.81. The van der Waals surface area contributed by atoms with Crippen LogP contribution in [-0.4, -0.2) is 50.3 Å². The van der Waals surface area contributed by atoms with Crippen LogP contribution in [0.25, 0.3) is 0 Å². The fourth-order valence-corrected chi connectivity index (χ4v) is 5.21. The summed E-state index contributed by atoms with van der Waals surface area (Å²) in [5, 5.41) is 19.6. The topological polar surface area (TPSA) is 58.9 Å². The predicted molar refractivity (Wildman–Crippen MR) is 45.5 cm³/mol. The van der Waals surface area contributed by atoms with Gasteiger partial charge in [-0.1, -0.05) is 0 Å². The Bertz CT molecular complexity index is 237. The molecule has 0 amide bonds. The second kappa shape index (κ2) is 3.55. The molecule has 0 spiro atoms. The van der Waals surface area contributed by atoms with Crippen molar-refractivity contribution in [1.82, 2.24) is 0 Å². The maximum absolute atomic E-state index is 9.83. The number of hydrogen-bond acceptors (Lipinski definition) is 4. The average molecular weight is 315 g/mol. The fraction of sp³-hybridized carbons (Fsp3) is 1.00. The summed E-state index contributed by atoms with van der Waals surface area (Å²) in [5.41, 5.74) is 0. The third-order valence-electron chi connectivity index (χ3n) is 3.19. The molecule has 84 valence electrons. The van der Waals surface area contributed by atoms with Gasteiger partial charge in [-0.2, -0.15) is 0 Å². The molecule has 5 heteroatoms. The Balaban J connectivity index is 2.21. The molecule has 2 N–H and O–H groups in total. The van der Waals surface area contributed by atoms with Gasteiger partial charge in [-0.25, -0.2) is 0 Å². The van der Waals surface area contributed by atoms with E-state index >= 15 is 0 Å². The summed E-state index contributed by atoms with van der Waals surface area (Å²) in [7, 11) is 1.58. The molecule has 14 heavy (non-hydrogen) atoms. The van der Waals surface area contributed by atoms with Gasteiger partial charge in [0.1, 0.15) is 0 Å². The number of alkyl halides is 2. The molecule has 0 bridgehead atoms. The van der Waals surface area contributed by atoms with E-state index in [4.69, 9.17) is 9.47 Å². The molecular weight excluding hydrogens is 299 g/mol. The zero-order chi connectivity index (χ0) is 10.5. The van der Waals surface area contributed by atoms with Crippen LogP contribution in [0.3, 0.4) is 0 Å². The number of ether oxygens (including phenoxy) is 2. The van der Waals surface area contributed by atoms with E-state index in [2.05, 4.69) is 4.93 Å². The van der Waals surface area contributed by atoms with Gasteiger partial charge >= 0.3 is 93.8 Å². The fourth-order valence-electron chi connectivity index (χ4n) is 2.30. The number of methoxy groups -OCH3 is 1. The third kappa shape index (κ3) is 1.26. The maximum atomic E-state index is 9.83. The van der Waals surface area contributed by atoms with Crippen LogP contribution in [0, 0.1) is 5.92 Å². The molecule has 1 saturated carbocycles. The molecule has 0 aromatic heterocycles. The van der Waals surface area contributed by atoms with Crippen LogP contribution < -0.4 is 21.2 Å². The SMILES string of the molecule is COC1C2C(O)C2([I-]C)OC(C)[C@@H]1O. The molecule has 4 nitrogen and oxygen atoms in total. The Hall–Kier alpha value is 0.570. The number of hydrogen-bond donors (Lipinski definition) is 2. The van der Waals surface area contributed by atoms with Crippen molar-refractivity contribution in [1.29, 1.82) is 0 Å². The first-order valence-electron chi connectivity index (χ1n) is 4.66. The Morgan fingerprint density at radius 3 is 2.57 bits per heavy atom. The van der Waals surface area contributed by atoms with E-state index in [9.17, 15) is 10.2 Å². The van der Waals surface area contributed by atoms with Crippen LogP contribution in [0.2, 0.25) is 0 Å². The van der Waals surface area contributed by atoms with Gasteiger partial charge in [0.25, 0.3) is 0 Å². The number of halogens is 1. The van der Waals surface area contributed by atoms with Gasteiger partial charge in [0.05, 0.1) is 0 Å². The van der Waals surface area contributed by atoms with Crippen molar-refractivity contribution in [3.05, 3.63) is 0 Å².